The van der Waals surface area contributed by atoms with E-state index in [1.807, 2.05) is 32.9 Å². The summed E-state index contributed by atoms with van der Waals surface area (Å²) in [5.41, 5.74) is 1.85. The van der Waals surface area contributed by atoms with Gasteiger partial charge in [-0.05, 0) is 38.5 Å². The van der Waals surface area contributed by atoms with Crippen molar-refractivity contribution < 1.29 is 14.3 Å². The quantitative estimate of drug-likeness (QED) is 0.492. The molecule has 116 valence electrons. The Morgan fingerprint density at radius 1 is 1.27 bits per heavy atom. The third kappa shape index (κ3) is 2.88. The molecule has 1 aromatic carbocycles. The second-order valence-electron chi connectivity index (χ2n) is 5.22. The van der Waals surface area contributed by atoms with E-state index in [1.165, 1.54) is 6.33 Å². The number of aryl methyl sites for hydroxylation is 1. The molecule has 0 amide bonds. The zero-order valence-electron chi connectivity index (χ0n) is 12.8. The van der Waals surface area contributed by atoms with Gasteiger partial charge in [0.05, 0.1) is 0 Å². The Balaban J connectivity index is 2.06. The minimum atomic E-state index is -0.0314. The molecule has 22 heavy (non-hydrogen) atoms. The summed E-state index contributed by atoms with van der Waals surface area (Å²) >= 11 is 0. The summed E-state index contributed by atoms with van der Waals surface area (Å²) in [7, 11) is 0. The van der Waals surface area contributed by atoms with Crippen molar-refractivity contribution >= 4 is 5.84 Å². The smallest absolute Gasteiger partial charge is 0.201 e. The van der Waals surface area contributed by atoms with E-state index in [0.717, 1.165) is 16.9 Å². The summed E-state index contributed by atoms with van der Waals surface area (Å²) in [4.78, 5) is 9.38. The van der Waals surface area contributed by atoms with Gasteiger partial charge in [0, 0.05) is 5.56 Å². The van der Waals surface area contributed by atoms with Crippen molar-refractivity contribution in [1.82, 2.24) is 14.8 Å². The highest BCUT2D eigenvalue weighted by atomic mass is 16.6. The number of ether oxygens (including phenoxy) is 2. The second-order valence-corrected chi connectivity index (χ2v) is 5.22. The van der Waals surface area contributed by atoms with E-state index in [0.29, 0.717) is 24.8 Å². The number of oxime groups is 1. The number of fused-ring (bicyclic) bond motifs is 1. The van der Waals surface area contributed by atoms with E-state index in [1.54, 1.807) is 11.0 Å². The SMILES string of the molecule is Cc1cc2c(cc1/C(=N\OC(C)C)n1cncn1)OCCO2. The molecule has 3 rings (SSSR count). The summed E-state index contributed by atoms with van der Waals surface area (Å²) in [6, 6.07) is 3.83. The standard InChI is InChI=1S/C15H18N4O3/c1-10(2)22-18-15(19-9-16-8-17-19)12-7-14-13(6-11(12)3)20-4-5-21-14/h6-10H,4-5H2,1-3H3/b18-15+. The van der Waals surface area contributed by atoms with Crippen LogP contribution in [0.2, 0.25) is 0 Å². The third-order valence-electron chi connectivity index (χ3n) is 3.12. The fraction of sp³-hybridized carbons (Fsp3) is 0.400. The summed E-state index contributed by atoms with van der Waals surface area (Å²) < 4.78 is 12.8. The van der Waals surface area contributed by atoms with Crippen molar-refractivity contribution in [2.75, 3.05) is 13.2 Å². The molecule has 7 heteroatoms. The number of nitrogens with zero attached hydrogens (tertiary/aromatic N) is 4. The van der Waals surface area contributed by atoms with Gasteiger partial charge >= 0.3 is 0 Å². The summed E-state index contributed by atoms with van der Waals surface area (Å²) in [6.07, 6.45) is 3.01. The molecule has 0 unspecified atom stereocenters. The number of aromatic nitrogens is 3. The van der Waals surface area contributed by atoms with Crippen molar-refractivity contribution in [3.8, 4) is 11.5 Å². The van der Waals surface area contributed by atoms with E-state index < -0.39 is 0 Å². The minimum absolute atomic E-state index is 0.0314. The van der Waals surface area contributed by atoms with E-state index in [4.69, 9.17) is 14.3 Å². The van der Waals surface area contributed by atoms with Crippen LogP contribution < -0.4 is 9.47 Å². The van der Waals surface area contributed by atoms with Crippen LogP contribution in [-0.2, 0) is 4.84 Å². The normalized spacial score (nSPS) is 14.3. The average molecular weight is 302 g/mol. The van der Waals surface area contributed by atoms with E-state index in [-0.39, 0.29) is 6.10 Å². The first-order valence-corrected chi connectivity index (χ1v) is 7.14. The van der Waals surface area contributed by atoms with Crippen LogP contribution in [0.15, 0.2) is 29.9 Å². The molecular formula is C15H18N4O3. The molecular weight excluding hydrogens is 284 g/mol. The van der Waals surface area contributed by atoms with Gasteiger partial charge in [-0.2, -0.15) is 9.78 Å². The van der Waals surface area contributed by atoms with Crippen molar-refractivity contribution in [3.63, 3.8) is 0 Å². The lowest BCUT2D eigenvalue weighted by molar-refractivity contribution is 0.0851. The Morgan fingerprint density at radius 2 is 2.00 bits per heavy atom. The van der Waals surface area contributed by atoms with Crippen molar-refractivity contribution in [2.24, 2.45) is 5.16 Å². The highest BCUT2D eigenvalue weighted by Gasteiger charge is 2.19. The average Bonchev–Trinajstić information content (AvgIpc) is 3.01. The Hall–Kier alpha value is -2.57. The van der Waals surface area contributed by atoms with E-state index >= 15 is 0 Å². The largest absolute Gasteiger partial charge is 0.486 e. The van der Waals surface area contributed by atoms with Gasteiger partial charge in [0.1, 0.15) is 32.0 Å². The van der Waals surface area contributed by atoms with Gasteiger partial charge in [0.25, 0.3) is 0 Å². The van der Waals surface area contributed by atoms with Crippen LogP contribution in [0, 0.1) is 6.92 Å². The van der Waals surface area contributed by atoms with Gasteiger partial charge in [-0.15, -0.1) is 0 Å². The first kappa shape index (κ1) is 14.4. The number of hydrogen-bond acceptors (Lipinski definition) is 6. The molecule has 1 aromatic heterocycles. The first-order valence-electron chi connectivity index (χ1n) is 7.14. The van der Waals surface area contributed by atoms with Gasteiger partial charge in [-0.25, -0.2) is 4.98 Å². The third-order valence-corrected chi connectivity index (χ3v) is 3.12. The maximum absolute atomic E-state index is 5.65. The van der Waals surface area contributed by atoms with Gasteiger partial charge in [0.15, 0.2) is 11.5 Å². The van der Waals surface area contributed by atoms with Crippen LogP contribution >= 0.6 is 0 Å². The van der Waals surface area contributed by atoms with Gasteiger partial charge < -0.3 is 14.3 Å². The first-order chi connectivity index (χ1) is 10.6. The maximum Gasteiger partial charge on any atom is 0.201 e. The lowest BCUT2D eigenvalue weighted by Gasteiger charge is -2.20. The van der Waals surface area contributed by atoms with Crippen LogP contribution in [0.1, 0.15) is 25.0 Å². The minimum Gasteiger partial charge on any atom is -0.486 e. The Bertz CT molecular complexity index is 680. The molecule has 0 N–H and O–H groups in total. The van der Waals surface area contributed by atoms with Crippen molar-refractivity contribution in [1.29, 1.82) is 0 Å². The fourth-order valence-corrected chi connectivity index (χ4v) is 2.12. The molecule has 0 bridgehead atoms. The lowest BCUT2D eigenvalue weighted by Crippen LogP contribution is -2.20. The van der Waals surface area contributed by atoms with Crippen LogP contribution in [0.25, 0.3) is 0 Å². The van der Waals surface area contributed by atoms with E-state index in [9.17, 15) is 0 Å². The predicted octanol–water partition coefficient (Wildman–Crippen LogP) is 1.99. The predicted molar refractivity (Wildman–Crippen MR) is 80.3 cm³/mol. The molecule has 0 saturated heterocycles. The summed E-state index contributed by atoms with van der Waals surface area (Å²) in [5.74, 6) is 2.00. The molecule has 2 aromatic rings. The maximum atomic E-state index is 5.65. The Labute approximate surface area is 128 Å². The number of hydrogen-bond donors (Lipinski definition) is 0. The molecule has 1 aliphatic rings. The Kier molecular flexibility index (Phi) is 3.95. The topological polar surface area (TPSA) is 70.8 Å². The molecule has 0 fully saturated rings. The molecule has 2 heterocycles. The van der Waals surface area contributed by atoms with Gasteiger partial charge in [0.2, 0.25) is 5.84 Å². The summed E-state index contributed by atoms with van der Waals surface area (Å²) in [6.45, 7) is 6.91. The highest BCUT2D eigenvalue weighted by Crippen LogP contribution is 2.33. The van der Waals surface area contributed by atoms with Crippen LogP contribution in [0.4, 0.5) is 0 Å². The van der Waals surface area contributed by atoms with Crippen molar-refractivity contribution in [2.45, 2.75) is 26.9 Å². The van der Waals surface area contributed by atoms with Crippen LogP contribution in [0.5, 0.6) is 11.5 Å². The fourth-order valence-electron chi connectivity index (χ4n) is 2.12. The molecule has 0 spiro atoms. The number of rotatable bonds is 3. The van der Waals surface area contributed by atoms with Gasteiger partial charge in [-0.3, -0.25) is 0 Å². The molecule has 0 atom stereocenters. The van der Waals surface area contributed by atoms with Crippen molar-refractivity contribution in [3.05, 3.63) is 35.9 Å². The molecule has 0 saturated carbocycles. The monoisotopic (exact) mass is 302 g/mol. The highest BCUT2D eigenvalue weighted by molar-refractivity contribution is 6.01. The van der Waals surface area contributed by atoms with Crippen LogP contribution in [0.3, 0.4) is 0 Å². The second kappa shape index (κ2) is 6.05. The molecule has 7 nitrogen and oxygen atoms in total. The number of benzene rings is 1. The van der Waals surface area contributed by atoms with Crippen LogP contribution in [-0.4, -0.2) is 39.9 Å². The lowest BCUT2D eigenvalue weighted by atomic mass is 10.1. The summed E-state index contributed by atoms with van der Waals surface area (Å²) in [5, 5.41) is 8.37. The molecule has 0 aliphatic carbocycles. The molecule has 1 aliphatic heterocycles. The zero-order valence-corrected chi connectivity index (χ0v) is 12.8. The Morgan fingerprint density at radius 3 is 2.64 bits per heavy atom. The van der Waals surface area contributed by atoms with Gasteiger partial charge in [-0.1, -0.05) is 5.16 Å². The zero-order chi connectivity index (χ0) is 15.5. The molecule has 0 radical (unpaired) electrons. The van der Waals surface area contributed by atoms with E-state index in [2.05, 4.69) is 15.2 Å².